The van der Waals surface area contributed by atoms with Gasteiger partial charge in [0.05, 0.1) is 17.2 Å². The molecule has 2 saturated heterocycles. The van der Waals surface area contributed by atoms with Gasteiger partial charge < -0.3 is 42.4 Å². The Morgan fingerprint density at radius 2 is 1.65 bits per heavy atom. The third-order valence-corrected chi connectivity index (χ3v) is 10.1. The van der Waals surface area contributed by atoms with Crippen LogP contribution in [0.15, 0.2) is 42.5 Å². The zero-order valence-corrected chi connectivity index (χ0v) is 27.1. The number of halogens is 3. The van der Waals surface area contributed by atoms with Crippen LogP contribution in [0, 0.1) is 11.8 Å². The average molecular weight is 673 g/mol. The number of anilines is 1. The van der Waals surface area contributed by atoms with Gasteiger partial charge in [0.1, 0.15) is 6.04 Å². The van der Waals surface area contributed by atoms with E-state index in [2.05, 4.69) is 10.6 Å². The summed E-state index contributed by atoms with van der Waals surface area (Å²) in [6.45, 7) is 4.52. The average Bonchev–Trinajstić information content (AvgIpc) is 3.67. The third-order valence-electron chi connectivity index (χ3n) is 10.1. The third kappa shape index (κ3) is 7.40. The van der Waals surface area contributed by atoms with Gasteiger partial charge in [-0.3, -0.25) is 14.4 Å². The van der Waals surface area contributed by atoms with Crippen molar-refractivity contribution in [3.05, 3.63) is 59.2 Å². The molecule has 2 fully saturated rings. The van der Waals surface area contributed by atoms with Crippen molar-refractivity contribution in [2.75, 3.05) is 18.4 Å². The van der Waals surface area contributed by atoms with Crippen LogP contribution in [0.4, 0.5) is 18.9 Å². The number of nitrogens with two attached hydrogens (primary N) is 3. The van der Waals surface area contributed by atoms with E-state index < -0.39 is 48.4 Å². The number of alkyl halides is 3. The van der Waals surface area contributed by atoms with Crippen LogP contribution < -0.4 is 33.3 Å². The maximum absolute atomic E-state index is 13.5. The van der Waals surface area contributed by atoms with E-state index in [0.717, 1.165) is 30.5 Å². The minimum Gasteiger partial charge on any atom is -0.423 e. The highest BCUT2D eigenvalue weighted by molar-refractivity contribution is 6.62. The molecule has 11 nitrogen and oxygen atoms in total. The molecule has 6 unspecified atom stereocenters. The first-order valence-corrected chi connectivity index (χ1v) is 16.4. The molecule has 0 aromatic heterocycles. The van der Waals surface area contributed by atoms with E-state index in [1.807, 2.05) is 18.7 Å². The number of nitrogens with one attached hydrogen (secondary N) is 2. The van der Waals surface area contributed by atoms with Gasteiger partial charge in [-0.05, 0) is 112 Å². The molecule has 15 heteroatoms. The van der Waals surface area contributed by atoms with Crippen molar-refractivity contribution in [3.8, 4) is 0 Å². The highest BCUT2D eigenvalue weighted by Gasteiger charge is 2.53. The molecular formula is C33H44BF3N6O5. The molecule has 48 heavy (non-hydrogen) atoms. The smallest absolute Gasteiger partial charge is 0.423 e. The summed E-state index contributed by atoms with van der Waals surface area (Å²) in [6, 6.07) is 7.43. The summed E-state index contributed by atoms with van der Waals surface area (Å²) in [5.41, 5.74) is 18.9. The lowest BCUT2D eigenvalue weighted by molar-refractivity contribution is -0.137. The fourth-order valence-electron chi connectivity index (χ4n) is 7.60. The first-order chi connectivity index (χ1) is 22.6. The van der Waals surface area contributed by atoms with E-state index in [0.29, 0.717) is 29.8 Å². The van der Waals surface area contributed by atoms with Gasteiger partial charge in [-0.15, -0.1) is 0 Å². The molecule has 3 aliphatic heterocycles. The van der Waals surface area contributed by atoms with Crippen molar-refractivity contribution in [1.29, 1.82) is 0 Å². The highest BCUT2D eigenvalue weighted by atomic mass is 19.4. The monoisotopic (exact) mass is 672 g/mol. The molecule has 9 N–H and O–H groups in total. The van der Waals surface area contributed by atoms with Gasteiger partial charge in [0.25, 0.3) is 0 Å². The summed E-state index contributed by atoms with van der Waals surface area (Å²) in [5, 5.41) is 15.8. The molecule has 3 amide bonds. The standard InChI is InChI=1S/C33H44BF3N6O5/c1-32(2)23-9-8-20(15-24(23)34(47)48-32)41-31(46)26(11-5-18-3-6-19(7-4-18)33(35,36)37)42-30(45)25(40)10-14-29(44)43-27-12-13-28(43)22(17-39)21(27)16-38/h3-4,6-9,15,21-22,25-28,47H,5,10-14,16-17,38-40H2,1-2H3,(H,41,46)(H,42,45). The van der Waals surface area contributed by atoms with Crippen molar-refractivity contribution in [3.63, 3.8) is 0 Å². The van der Waals surface area contributed by atoms with Gasteiger partial charge in [-0.25, -0.2) is 0 Å². The number of carbonyl (C=O) groups excluding carboxylic acids is 3. The molecule has 2 aromatic rings. The van der Waals surface area contributed by atoms with Crippen LogP contribution in [-0.4, -0.2) is 72.0 Å². The Balaban J connectivity index is 1.24. The van der Waals surface area contributed by atoms with Crippen molar-refractivity contribution < 1.29 is 37.2 Å². The van der Waals surface area contributed by atoms with E-state index >= 15 is 0 Å². The Morgan fingerprint density at radius 1 is 1.02 bits per heavy atom. The molecule has 5 rings (SSSR count). The minimum absolute atomic E-state index is 0.0299. The second-order valence-electron chi connectivity index (χ2n) is 13.5. The quantitative estimate of drug-likeness (QED) is 0.183. The molecule has 0 spiro atoms. The van der Waals surface area contributed by atoms with Crippen LogP contribution in [0.1, 0.15) is 62.6 Å². The first-order valence-electron chi connectivity index (χ1n) is 16.4. The van der Waals surface area contributed by atoms with E-state index in [9.17, 15) is 32.6 Å². The molecule has 0 radical (unpaired) electrons. The number of nitrogens with zero attached hydrogens (tertiary/aromatic N) is 1. The second-order valence-corrected chi connectivity index (χ2v) is 13.5. The maximum Gasteiger partial charge on any atom is 0.492 e. The summed E-state index contributed by atoms with van der Waals surface area (Å²) >= 11 is 0. The van der Waals surface area contributed by atoms with Crippen LogP contribution in [0.25, 0.3) is 0 Å². The van der Waals surface area contributed by atoms with Gasteiger partial charge in [-0.2, -0.15) is 13.2 Å². The van der Waals surface area contributed by atoms with Gasteiger partial charge in [-0.1, -0.05) is 18.2 Å². The number of rotatable bonds is 12. The molecule has 2 bridgehead atoms. The normalized spacial score (nSPS) is 23.9. The van der Waals surface area contributed by atoms with E-state index in [-0.39, 0.29) is 55.5 Å². The van der Waals surface area contributed by atoms with Gasteiger partial charge in [0.15, 0.2) is 0 Å². The number of fused-ring (bicyclic) bond motifs is 3. The number of aryl methyl sites for hydroxylation is 1. The lowest BCUT2D eigenvalue weighted by Crippen LogP contribution is -2.50. The minimum atomic E-state index is -4.48. The Kier molecular flexibility index (Phi) is 10.6. The molecule has 0 saturated carbocycles. The number of benzene rings is 2. The van der Waals surface area contributed by atoms with Crippen molar-refractivity contribution in [2.45, 2.75) is 88.3 Å². The summed E-state index contributed by atoms with van der Waals surface area (Å²) in [5.74, 6) is -1.04. The van der Waals surface area contributed by atoms with Crippen LogP contribution in [0.2, 0.25) is 0 Å². The molecule has 0 aliphatic carbocycles. The first kappa shape index (κ1) is 35.8. The number of amides is 3. The van der Waals surface area contributed by atoms with E-state index in [1.54, 1.807) is 18.2 Å². The molecule has 2 aromatic carbocycles. The predicted molar refractivity (Wildman–Crippen MR) is 174 cm³/mol. The van der Waals surface area contributed by atoms with Crippen LogP contribution in [0.3, 0.4) is 0 Å². The lowest BCUT2D eigenvalue weighted by atomic mass is 9.78. The molecular weight excluding hydrogens is 628 g/mol. The van der Waals surface area contributed by atoms with Crippen LogP contribution in [0.5, 0.6) is 0 Å². The zero-order chi connectivity index (χ0) is 35.0. The number of hydrogen-bond donors (Lipinski definition) is 6. The van der Waals surface area contributed by atoms with E-state index in [4.69, 9.17) is 21.9 Å². The lowest BCUT2D eigenvalue weighted by Gasteiger charge is -2.25. The number of hydrogen-bond acceptors (Lipinski definition) is 8. The molecule has 3 aliphatic rings. The van der Waals surface area contributed by atoms with Gasteiger partial charge in [0.2, 0.25) is 17.7 Å². The van der Waals surface area contributed by atoms with E-state index in [1.165, 1.54) is 12.1 Å². The Hall–Kier alpha value is -3.50. The predicted octanol–water partition coefficient (Wildman–Crippen LogP) is 1.34. The van der Waals surface area contributed by atoms with Gasteiger partial charge in [0, 0.05) is 24.2 Å². The second kappa shape index (κ2) is 14.2. The Labute approximate surface area is 278 Å². The van der Waals surface area contributed by atoms with Gasteiger partial charge >= 0.3 is 13.3 Å². The van der Waals surface area contributed by atoms with Crippen molar-refractivity contribution in [2.24, 2.45) is 29.0 Å². The zero-order valence-electron chi connectivity index (χ0n) is 27.1. The molecule has 6 atom stereocenters. The number of carbonyl (C=O) groups is 3. The Bertz CT molecular complexity index is 1490. The van der Waals surface area contributed by atoms with Crippen LogP contribution >= 0.6 is 0 Å². The topological polar surface area (TPSA) is 186 Å². The fraction of sp³-hybridized carbons (Fsp3) is 0.545. The highest BCUT2D eigenvalue weighted by Crippen LogP contribution is 2.45. The summed E-state index contributed by atoms with van der Waals surface area (Å²) in [7, 11) is -1.18. The molecule has 260 valence electrons. The Morgan fingerprint density at radius 3 is 2.23 bits per heavy atom. The van der Waals surface area contributed by atoms with Crippen molar-refractivity contribution >= 4 is 36.0 Å². The summed E-state index contributed by atoms with van der Waals surface area (Å²) in [4.78, 5) is 42.0. The van der Waals surface area contributed by atoms with Crippen molar-refractivity contribution in [1.82, 2.24) is 10.2 Å². The fourth-order valence-corrected chi connectivity index (χ4v) is 7.60. The maximum atomic E-state index is 13.5. The summed E-state index contributed by atoms with van der Waals surface area (Å²) in [6.07, 6.45) is -2.44. The van der Waals surface area contributed by atoms with Crippen LogP contribution in [-0.2, 0) is 37.2 Å². The SMILES string of the molecule is CC1(C)OB(O)c2cc(NC(=O)C(CCc3ccc(C(F)(F)F)cc3)NC(=O)C(N)CCC(=O)N3C4CCC3C(CN)C4CN)ccc21. The molecule has 3 heterocycles. The summed E-state index contributed by atoms with van der Waals surface area (Å²) < 4.78 is 44.8. The largest absolute Gasteiger partial charge is 0.492 e.